The first kappa shape index (κ1) is 11.4. The van der Waals surface area contributed by atoms with E-state index in [1.807, 2.05) is 22.6 Å². The quantitative estimate of drug-likeness (QED) is 0.742. The topological polar surface area (TPSA) is 62.9 Å². The number of nitriles is 1. The molecule has 0 aliphatic carbocycles. The Labute approximate surface area is 107 Å². The van der Waals surface area contributed by atoms with E-state index in [0.717, 1.165) is 9.83 Å². The Morgan fingerprint density at radius 1 is 1.44 bits per heavy atom. The molecule has 0 aliphatic rings. The summed E-state index contributed by atoms with van der Waals surface area (Å²) >= 11 is 2.03. The summed E-state index contributed by atoms with van der Waals surface area (Å²) in [5, 5.41) is 9.65. The molecule has 1 aromatic carbocycles. The van der Waals surface area contributed by atoms with E-state index in [4.69, 9.17) is 5.26 Å². The predicted octanol–water partition coefficient (Wildman–Crippen LogP) is 1.93. The molecule has 1 aromatic heterocycles. The summed E-state index contributed by atoms with van der Waals surface area (Å²) in [5.41, 5.74) is 1.04. The SMILES string of the molecule is CS(=O)(=O)n1cc(I)c2c(C#N)cccc21. The van der Waals surface area contributed by atoms with Crippen molar-refractivity contribution in [2.75, 3.05) is 6.26 Å². The van der Waals surface area contributed by atoms with Gasteiger partial charge < -0.3 is 0 Å². The third-order valence-electron chi connectivity index (χ3n) is 2.23. The van der Waals surface area contributed by atoms with Crippen molar-refractivity contribution in [2.45, 2.75) is 0 Å². The van der Waals surface area contributed by atoms with Crippen molar-refractivity contribution >= 4 is 43.5 Å². The highest BCUT2D eigenvalue weighted by Crippen LogP contribution is 2.27. The Kier molecular flexibility index (Phi) is 2.67. The first-order chi connectivity index (χ1) is 7.45. The first-order valence-electron chi connectivity index (χ1n) is 4.35. The molecular weight excluding hydrogens is 339 g/mol. The van der Waals surface area contributed by atoms with Gasteiger partial charge in [-0.1, -0.05) is 6.07 Å². The Morgan fingerprint density at radius 2 is 2.12 bits per heavy atom. The molecule has 0 aliphatic heterocycles. The maximum Gasteiger partial charge on any atom is 0.236 e. The Bertz CT molecular complexity index is 710. The van der Waals surface area contributed by atoms with E-state index in [0.29, 0.717) is 16.5 Å². The maximum absolute atomic E-state index is 11.5. The monoisotopic (exact) mass is 346 g/mol. The van der Waals surface area contributed by atoms with Crippen molar-refractivity contribution in [2.24, 2.45) is 0 Å². The fourth-order valence-electron chi connectivity index (χ4n) is 1.58. The van der Waals surface area contributed by atoms with Crippen LogP contribution in [0.2, 0.25) is 0 Å². The molecule has 2 rings (SSSR count). The largest absolute Gasteiger partial charge is 0.244 e. The molecule has 0 atom stereocenters. The van der Waals surface area contributed by atoms with Gasteiger partial charge in [0.05, 0.1) is 23.4 Å². The second-order valence-electron chi connectivity index (χ2n) is 3.35. The Hall–Kier alpha value is -1.07. The minimum Gasteiger partial charge on any atom is -0.244 e. The first-order valence-corrected chi connectivity index (χ1v) is 7.28. The summed E-state index contributed by atoms with van der Waals surface area (Å²) in [6.07, 6.45) is 2.67. The van der Waals surface area contributed by atoms with Gasteiger partial charge in [0.15, 0.2) is 0 Å². The number of fused-ring (bicyclic) bond motifs is 1. The molecule has 0 amide bonds. The van der Waals surface area contributed by atoms with Crippen LogP contribution in [0, 0.1) is 14.9 Å². The van der Waals surface area contributed by atoms with E-state index in [1.165, 1.54) is 10.2 Å². The lowest BCUT2D eigenvalue weighted by Gasteiger charge is -2.01. The third-order valence-corrected chi connectivity index (χ3v) is 4.06. The lowest BCUT2D eigenvalue weighted by atomic mass is 10.1. The van der Waals surface area contributed by atoms with Crippen molar-refractivity contribution in [3.63, 3.8) is 0 Å². The predicted molar refractivity (Wildman–Crippen MR) is 69.6 cm³/mol. The molecule has 0 radical (unpaired) electrons. The zero-order valence-electron chi connectivity index (χ0n) is 8.31. The van der Waals surface area contributed by atoms with Gasteiger partial charge in [0.2, 0.25) is 10.0 Å². The van der Waals surface area contributed by atoms with E-state index in [1.54, 1.807) is 18.2 Å². The van der Waals surface area contributed by atoms with Crippen molar-refractivity contribution in [1.82, 2.24) is 3.97 Å². The number of aromatic nitrogens is 1. The van der Waals surface area contributed by atoms with Gasteiger partial charge in [0, 0.05) is 15.2 Å². The molecule has 0 N–H and O–H groups in total. The second kappa shape index (κ2) is 3.75. The average Bonchev–Trinajstić information content (AvgIpc) is 2.56. The van der Waals surface area contributed by atoms with E-state index in [-0.39, 0.29) is 0 Å². The van der Waals surface area contributed by atoms with Gasteiger partial charge in [-0.3, -0.25) is 0 Å². The molecule has 0 spiro atoms. The Morgan fingerprint density at radius 3 is 2.69 bits per heavy atom. The molecule has 1 heterocycles. The van der Waals surface area contributed by atoms with Crippen LogP contribution in [0.15, 0.2) is 24.4 Å². The fraction of sp³-hybridized carbons (Fsp3) is 0.100. The number of hydrogen-bond acceptors (Lipinski definition) is 3. The van der Waals surface area contributed by atoms with Crippen LogP contribution < -0.4 is 0 Å². The summed E-state index contributed by atoms with van der Waals surface area (Å²) in [5.74, 6) is 0. The van der Waals surface area contributed by atoms with Crippen molar-refractivity contribution in [3.05, 3.63) is 33.5 Å². The van der Waals surface area contributed by atoms with Crippen LogP contribution in [0.1, 0.15) is 5.56 Å². The molecule has 0 saturated carbocycles. The van der Waals surface area contributed by atoms with Crippen molar-refractivity contribution < 1.29 is 8.42 Å². The van der Waals surface area contributed by atoms with Gasteiger partial charge in [0.25, 0.3) is 0 Å². The summed E-state index contributed by atoms with van der Waals surface area (Å²) in [6.45, 7) is 0. The van der Waals surface area contributed by atoms with Crippen LogP contribution in [-0.4, -0.2) is 18.6 Å². The fourth-order valence-corrected chi connectivity index (χ4v) is 3.42. The van der Waals surface area contributed by atoms with Crippen LogP contribution in [0.5, 0.6) is 0 Å². The summed E-state index contributed by atoms with van der Waals surface area (Å²) in [6, 6.07) is 7.11. The highest BCUT2D eigenvalue weighted by Gasteiger charge is 2.15. The second-order valence-corrected chi connectivity index (χ2v) is 6.37. The zero-order chi connectivity index (χ0) is 11.9. The summed E-state index contributed by atoms with van der Waals surface area (Å²) in [4.78, 5) is 0. The average molecular weight is 346 g/mol. The molecule has 4 nitrogen and oxygen atoms in total. The van der Waals surface area contributed by atoms with E-state index < -0.39 is 10.0 Å². The van der Waals surface area contributed by atoms with E-state index in [9.17, 15) is 8.42 Å². The normalized spacial score (nSPS) is 11.6. The molecule has 0 saturated heterocycles. The maximum atomic E-state index is 11.5. The molecular formula is C10H7IN2O2S. The standard InChI is InChI=1S/C10H7IN2O2S/c1-16(14,15)13-6-8(11)10-7(5-12)3-2-4-9(10)13/h2-4,6H,1H3. The molecule has 0 bridgehead atoms. The van der Waals surface area contributed by atoms with Gasteiger partial charge >= 0.3 is 0 Å². The van der Waals surface area contributed by atoms with Crippen molar-refractivity contribution in [1.29, 1.82) is 5.26 Å². The van der Waals surface area contributed by atoms with Gasteiger partial charge in [-0.25, -0.2) is 12.4 Å². The van der Waals surface area contributed by atoms with Gasteiger partial charge in [-0.2, -0.15) is 5.26 Å². The molecule has 16 heavy (non-hydrogen) atoms. The van der Waals surface area contributed by atoms with Crippen molar-refractivity contribution in [3.8, 4) is 6.07 Å². The zero-order valence-corrected chi connectivity index (χ0v) is 11.3. The van der Waals surface area contributed by atoms with E-state index >= 15 is 0 Å². The molecule has 82 valence electrons. The van der Waals surface area contributed by atoms with Gasteiger partial charge in [-0.05, 0) is 34.7 Å². The number of benzene rings is 1. The number of nitrogens with zero attached hydrogens (tertiary/aromatic N) is 2. The number of hydrogen-bond donors (Lipinski definition) is 0. The molecule has 0 fully saturated rings. The highest BCUT2D eigenvalue weighted by molar-refractivity contribution is 14.1. The summed E-state index contributed by atoms with van der Waals surface area (Å²) in [7, 11) is -3.33. The minimum atomic E-state index is -3.33. The lowest BCUT2D eigenvalue weighted by Crippen LogP contribution is -2.08. The van der Waals surface area contributed by atoms with Gasteiger partial charge in [-0.15, -0.1) is 0 Å². The lowest BCUT2D eigenvalue weighted by molar-refractivity contribution is 0.595. The Balaban J connectivity index is 3.00. The number of halogens is 1. The van der Waals surface area contributed by atoms with Gasteiger partial charge in [0.1, 0.15) is 0 Å². The summed E-state index contributed by atoms with van der Waals surface area (Å²) < 4.78 is 25.0. The molecule has 2 aromatic rings. The molecule has 6 heteroatoms. The van der Waals surface area contributed by atoms with Crippen LogP contribution in [0.4, 0.5) is 0 Å². The third kappa shape index (κ3) is 1.70. The van der Waals surface area contributed by atoms with Crippen LogP contribution in [0.25, 0.3) is 10.9 Å². The minimum absolute atomic E-state index is 0.490. The number of rotatable bonds is 1. The van der Waals surface area contributed by atoms with Crippen LogP contribution in [-0.2, 0) is 10.0 Å². The van der Waals surface area contributed by atoms with E-state index in [2.05, 4.69) is 6.07 Å². The molecule has 0 unspecified atom stereocenters. The van der Waals surface area contributed by atoms with Crippen LogP contribution in [0.3, 0.4) is 0 Å². The smallest absolute Gasteiger partial charge is 0.236 e. The van der Waals surface area contributed by atoms with Crippen LogP contribution >= 0.6 is 22.6 Å². The highest BCUT2D eigenvalue weighted by atomic mass is 127.